The maximum Gasteiger partial charge on any atom is 0.228 e. The number of para-hydroxylation sites is 2. The minimum atomic E-state index is -0.385. The van der Waals surface area contributed by atoms with E-state index in [1.54, 1.807) is 18.2 Å². The van der Waals surface area contributed by atoms with Crippen molar-refractivity contribution in [2.75, 3.05) is 23.3 Å². The van der Waals surface area contributed by atoms with Gasteiger partial charge < -0.3 is 16.0 Å². The van der Waals surface area contributed by atoms with Crippen molar-refractivity contribution in [1.29, 1.82) is 0 Å². The second-order valence-electron chi connectivity index (χ2n) is 6.50. The van der Waals surface area contributed by atoms with Crippen molar-refractivity contribution in [3.8, 4) is 0 Å². The molecule has 1 fully saturated rings. The van der Waals surface area contributed by atoms with Crippen LogP contribution in [0.25, 0.3) is 0 Å². The standard InChI is InChI=1S/C20H22FN3O2/c21-16-6-2-1-5-15(16)13-19(25)23-17-7-3-4-8-18(17)24-11-9-14(10-12-24)20(22)26/h1-8,14H,9-13H2,(H2,22,26)(H,23,25). The van der Waals surface area contributed by atoms with E-state index in [2.05, 4.69) is 10.2 Å². The molecule has 0 saturated carbocycles. The third-order valence-electron chi connectivity index (χ3n) is 4.72. The number of halogens is 1. The van der Waals surface area contributed by atoms with Crippen molar-refractivity contribution >= 4 is 23.2 Å². The van der Waals surface area contributed by atoms with Gasteiger partial charge in [0.25, 0.3) is 0 Å². The second kappa shape index (κ2) is 7.99. The Labute approximate surface area is 152 Å². The fraction of sp³-hybridized carbons (Fsp3) is 0.300. The van der Waals surface area contributed by atoms with Gasteiger partial charge in [0.1, 0.15) is 5.82 Å². The molecule has 1 saturated heterocycles. The number of anilines is 2. The fourth-order valence-corrected chi connectivity index (χ4v) is 3.27. The highest BCUT2D eigenvalue weighted by Gasteiger charge is 2.24. The minimum absolute atomic E-state index is 0.0231. The number of primary amides is 1. The number of nitrogens with one attached hydrogen (secondary N) is 1. The highest BCUT2D eigenvalue weighted by atomic mass is 19.1. The first-order chi connectivity index (χ1) is 12.5. The predicted octanol–water partition coefficient (Wildman–Crippen LogP) is 2.71. The number of rotatable bonds is 5. The molecular formula is C20H22FN3O2. The van der Waals surface area contributed by atoms with Gasteiger partial charge in [-0.1, -0.05) is 30.3 Å². The van der Waals surface area contributed by atoms with Gasteiger partial charge in [0, 0.05) is 19.0 Å². The van der Waals surface area contributed by atoms with Crippen LogP contribution in [0.5, 0.6) is 0 Å². The van der Waals surface area contributed by atoms with Gasteiger partial charge >= 0.3 is 0 Å². The SMILES string of the molecule is NC(=O)C1CCN(c2ccccc2NC(=O)Cc2ccccc2F)CC1. The van der Waals surface area contributed by atoms with Crippen LogP contribution in [0.15, 0.2) is 48.5 Å². The molecule has 1 aliphatic heterocycles. The van der Waals surface area contributed by atoms with E-state index in [0.717, 1.165) is 5.69 Å². The van der Waals surface area contributed by atoms with E-state index < -0.39 is 0 Å². The van der Waals surface area contributed by atoms with Crippen LogP contribution >= 0.6 is 0 Å². The summed E-state index contributed by atoms with van der Waals surface area (Å²) >= 11 is 0. The maximum absolute atomic E-state index is 13.7. The molecule has 0 aliphatic carbocycles. The fourth-order valence-electron chi connectivity index (χ4n) is 3.27. The molecule has 0 unspecified atom stereocenters. The van der Waals surface area contributed by atoms with Crippen LogP contribution in [-0.2, 0) is 16.0 Å². The molecule has 2 aromatic carbocycles. The number of benzene rings is 2. The van der Waals surface area contributed by atoms with Crippen LogP contribution in [0.1, 0.15) is 18.4 Å². The van der Waals surface area contributed by atoms with E-state index in [1.807, 2.05) is 24.3 Å². The summed E-state index contributed by atoms with van der Waals surface area (Å²) in [5.74, 6) is -0.996. The first-order valence-electron chi connectivity index (χ1n) is 8.71. The number of nitrogens with two attached hydrogens (primary N) is 1. The van der Waals surface area contributed by atoms with Crippen LogP contribution in [-0.4, -0.2) is 24.9 Å². The Morgan fingerprint density at radius 3 is 2.42 bits per heavy atom. The molecule has 1 aliphatic rings. The maximum atomic E-state index is 13.7. The summed E-state index contributed by atoms with van der Waals surface area (Å²) in [6.45, 7) is 1.40. The van der Waals surface area contributed by atoms with Gasteiger partial charge in [0.2, 0.25) is 11.8 Å². The number of carbonyl (C=O) groups excluding carboxylic acids is 2. The van der Waals surface area contributed by atoms with E-state index in [1.165, 1.54) is 6.07 Å². The van der Waals surface area contributed by atoms with Gasteiger partial charge in [-0.3, -0.25) is 9.59 Å². The molecule has 2 aromatic rings. The zero-order valence-electron chi connectivity index (χ0n) is 14.5. The van der Waals surface area contributed by atoms with Crippen LogP contribution in [0, 0.1) is 11.7 Å². The Hall–Kier alpha value is -2.89. The molecular weight excluding hydrogens is 333 g/mol. The van der Waals surface area contributed by atoms with Gasteiger partial charge in [-0.15, -0.1) is 0 Å². The van der Waals surface area contributed by atoms with E-state index >= 15 is 0 Å². The first-order valence-corrected chi connectivity index (χ1v) is 8.71. The summed E-state index contributed by atoms with van der Waals surface area (Å²) in [5.41, 5.74) is 7.34. The summed E-state index contributed by atoms with van der Waals surface area (Å²) < 4.78 is 13.7. The topological polar surface area (TPSA) is 75.4 Å². The molecule has 26 heavy (non-hydrogen) atoms. The van der Waals surface area contributed by atoms with Gasteiger partial charge in [-0.25, -0.2) is 4.39 Å². The van der Waals surface area contributed by atoms with Gasteiger partial charge in [-0.05, 0) is 36.6 Å². The number of nitrogens with zero attached hydrogens (tertiary/aromatic N) is 1. The van der Waals surface area contributed by atoms with Crippen molar-refractivity contribution in [2.24, 2.45) is 11.7 Å². The van der Waals surface area contributed by atoms with Crippen LogP contribution < -0.4 is 16.0 Å². The molecule has 2 amide bonds. The molecule has 1 heterocycles. The molecule has 0 radical (unpaired) electrons. The number of hydrogen-bond donors (Lipinski definition) is 2. The lowest BCUT2D eigenvalue weighted by Gasteiger charge is -2.33. The van der Waals surface area contributed by atoms with Crippen LogP contribution in [0.2, 0.25) is 0 Å². The van der Waals surface area contributed by atoms with E-state index in [0.29, 0.717) is 37.2 Å². The number of amides is 2. The van der Waals surface area contributed by atoms with Gasteiger partial charge in [-0.2, -0.15) is 0 Å². The first kappa shape index (κ1) is 17.9. The molecule has 5 nitrogen and oxygen atoms in total. The zero-order chi connectivity index (χ0) is 18.5. The van der Waals surface area contributed by atoms with Gasteiger partial charge in [0.15, 0.2) is 0 Å². The van der Waals surface area contributed by atoms with Crippen LogP contribution in [0.4, 0.5) is 15.8 Å². The molecule has 0 bridgehead atoms. The summed E-state index contributed by atoms with van der Waals surface area (Å²) in [4.78, 5) is 25.8. The van der Waals surface area contributed by atoms with Crippen LogP contribution in [0.3, 0.4) is 0 Å². The molecule has 0 aromatic heterocycles. The number of carbonyl (C=O) groups is 2. The van der Waals surface area contributed by atoms with Crippen molar-refractivity contribution in [3.63, 3.8) is 0 Å². The van der Waals surface area contributed by atoms with Crippen molar-refractivity contribution in [1.82, 2.24) is 0 Å². The van der Waals surface area contributed by atoms with E-state index in [9.17, 15) is 14.0 Å². The summed E-state index contributed by atoms with van der Waals surface area (Å²) in [7, 11) is 0. The van der Waals surface area contributed by atoms with E-state index in [-0.39, 0.29) is 30.0 Å². The Morgan fingerprint density at radius 1 is 1.08 bits per heavy atom. The molecule has 0 atom stereocenters. The zero-order valence-corrected chi connectivity index (χ0v) is 14.5. The quantitative estimate of drug-likeness (QED) is 0.866. The van der Waals surface area contributed by atoms with Crippen molar-refractivity contribution in [2.45, 2.75) is 19.3 Å². The van der Waals surface area contributed by atoms with Gasteiger partial charge in [0.05, 0.1) is 17.8 Å². The Morgan fingerprint density at radius 2 is 1.73 bits per heavy atom. The molecule has 3 N–H and O–H groups in total. The predicted molar refractivity (Wildman–Crippen MR) is 99.3 cm³/mol. The smallest absolute Gasteiger partial charge is 0.228 e. The average Bonchev–Trinajstić information content (AvgIpc) is 2.64. The Kier molecular flexibility index (Phi) is 5.51. The highest BCUT2D eigenvalue weighted by molar-refractivity contribution is 5.95. The second-order valence-corrected chi connectivity index (χ2v) is 6.50. The summed E-state index contributed by atoms with van der Waals surface area (Å²) in [6, 6.07) is 13.8. The third kappa shape index (κ3) is 4.20. The monoisotopic (exact) mass is 355 g/mol. The summed E-state index contributed by atoms with van der Waals surface area (Å²) in [5, 5.41) is 2.88. The molecule has 0 spiro atoms. The molecule has 3 rings (SSSR count). The average molecular weight is 355 g/mol. The molecule has 136 valence electrons. The lowest BCUT2D eigenvalue weighted by atomic mass is 9.96. The Balaban J connectivity index is 1.69. The third-order valence-corrected chi connectivity index (χ3v) is 4.72. The molecule has 6 heteroatoms. The Bertz CT molecular complexity index is 801. The normalized spacial score (nSPS) is 14.9. The van der Waals surface area contributed by atoms with Crippen molar-refractivity contribution < 1.29 is 14.0 Å². The summed E-state index contributed by atoms with van der Waals surface area (Å²) in [6.07, 6.45) is 1.38. The highest BCUT2D eigenvalue weighted by Crippen LogP contribution is 2.30. The minimum Gasteiger partial charge on any atom is -0.370 e. The lowest BCUT2D eigenvalue weighted by Crippen LogP contribution is -2.38. The van der Waals surface area contributed by atoms with E-state index in [4.69, 9.17) is 5.73 Å². The number of piperidine rings is 1. The lowest BCUT2D eigenvalue weighted by molar-refractivity contribution is -0.122. The number of hydrogen-bond acceptors (Lipinski definition) is 3. The van der Waals surface area contributed by atoms with Crippen molar-refractivity contribution in [3.05, 3.63) is 59.9 Å². The largest absolute Gasteiger partial charge is 0.370 e.